The second-order valence-corrected chi connectivity index (χ2v) is 2.25. The van der Waals surface area contributed by atoms with Gasteiger partial charge in [-0.15, -0.1) is 0 Å². The Morgan fingerprint density at radius 3 is 2.56 bits per heavy atom. The van der Waals surface area contributed by atoms with Crippen molar-refractivity contribution < 1.29 is 9.58 Å². The summed E-state index contributed by atoms with van der Waals surface area (Å²) in [7, 11) is 3.76. The molecule has 0 amide bonds. The Kier molecular flexibility index (Phi) is 1.60. The molecule has 0 unspecified atom stereocenters. The first-order chi connectivity index (χ1) is 4.25. The monoisotopic (exact) mass is 129 g/mol. The van der Waals surface area contributed by atoms with E-state index in [0.717, 1.165) is 13.1 Å². The summed E-state index contributed by atoms with van der Waals surface area (Å²) in [6.07, 6.45) is 0. The van der Waals surface area contributed by atoms with E-state index >= 15 is 0 Å². The molecular formula is C6H13N2O+. The van der Waals surface area contributed by atoms with Gasteiger partial charge in [-0.25, -0.2) is 0 Å². The molecule has 0 N–H and O–H groups in total. The Balaban J connectivity index is 2.68. The predicted molar refractivity (Wildman–Crippen MR) is 35.4 cm³/mol. The topological polar surface area (TPSA) is 15.5 Å². The van der Waals surface area contributed by atoms with Gasteiger partial charge in [-0.3, -0.25) is 4.90 Å². The van der Waals surface area contributed by atoms with Crippen LogP contribution in [0.2, 0.25) is 0 Å². The van der Waals surface area contributed by atoms with Crippen LogP contribution in [0.1, 0.15) is 6.92 Å². The second-order valence-electron chi connectivity index (χ2n) is 2.25. The normalized spacial score (nSPS) is 19.2. The zero-order valence-electron chi connectivity index (χ0n) is 6.22. The molecule has 0 aromatic rings. The Bertz CT molecular complexity index is 142. The number of hydrogen-bond acceptors (Lipinski definition) is 2. The van der Waals surface area contributed by atoms with Crippen LogP contribution in [-0.2, 0) is 4.84 Å². The molecule has 0 aromatic heterocycles. The first kappa shape index (κ1) is 6.39. The SMILES string of the molecule is CO[N+]1=C(C)N(C)CC1. The molecule has 0 radical (unpaired) electrons. The van der Waals surface area contributed by atoms with Gasteiger partial charge in [0.2, 0.25) is 0 Å². The third-order valence-electron chi connectivity index (χ3n) is 1.77. The van der Waals surface area contributed by atoms with Crippen molar-refractivity contribution in [3.8, 4) is 0 Å². The Hall–Kier alpha value is -0.730. The van der Waals surface area contributed by atoms with Gasteiger partial charge < -0.3 is 4.84 Å². The van der Waals surface area contributed by atoms with E-state index in [1.807, 2.05) is 4.74 Å². The van der Waals surface area contributed by atoms with Gasteiger partial charge in [-0.1, -0.05) is 4.74 Å². The molecule has 3 heteroatoms. The van der Waals surface area contributed by atoms with Crippen LogP contribution >= 0.6 is 0 Å². The molecule has 0 fully saturated rings. The van der Waals surface area contributed by atoms with Crippen LogP contribution in [0.3, 0.4) is 0 Å². The highest BCUT2D eigenvalue weighted by Crippen LogP contribution is 1.96. The fourth-order valence-electron chi connectivity index (χ4n) is 0.978. The number of hydroxylamine groups is 1. The van der Waals surface area contributed by atoms with Crippen LogP contribution in [0.15, 0.2) is 0 Å². The Morgan fingerprint density at radius 2 is 2.33 bits per heavy atom. The van der Waals surface area contributed by atoms with Gasteiger partial charge in [0, 0.05) is 6.92 Å². The van der Waals surface area contributed by atoms with Gasteiger partial charge in [0.15, 0.2) is 6.54 Å². The van der Waals surface area contributed by atoms with E-state index in [9.17, 15) is 0 Å². The van der Waals surface area contributed by atoms with Gasteiger partial charge >= 0.3 is 0 Å². The molecular weight excluding hydrogens is 116 g/mol. The molecule has 0 bridgehead atoms. The summed E-state index contributed by atoms with van der Waals surface area (Å²) in [5.74, 6) is 1.19. The van der Waals surface area contributed by atoms with E-state index in [0.29, 0.717) is 0 Å². The summed E-state index contributed by atoms with van der Waals surface area (Å²) in [6.45, 7) is 4.11. The minimum Gasteiger partial charge on any atom is -0.344 e. The van der Waals surface area contributed by atoms with Crippen molar-refractivity contribution in [3.05, 3.63) is 0 Å². The molecule has 1 aliphatic heterocycles. The minimum atomic E-state index is 0.985. The van der Waals surface area contributed by atoms with Gasteiger partial charge in [-0.2, -0.15) is 0 Å². The minimum absolute atomic E-state index is 0.985. The van der Waals surface area contributed by atoms with Crippen molar-refractivity contribution in [2.45, 2.75) is 6.92 Å². The lowest BCUT2D eigenvalue weighted by atomic mass is 10.6. The summed E-state index contributed by atoms with van der Waals surface area (Å²) in [5, 5.41) is 0. The number of amidine groups is 1. The van der Waals surface area contributed by atoms with Gasteiger partial charge in [0.25, 0.3) is 5.84 Å². The Labute approximate surface area is 55.5 Å². The summed E-state index contributed by atoms with van der Waals surface area (Å²) in [5.41, 5.74) is 0. The highest BCUT2D eigenvalue weighted by Gasteiger charge is 2.23. The van der Waals surface area contributed by atoms with E-state index in [1.165, 1.54) is 5.84 Å². The van der Waals surface area contributed by atoms with Gasteiger partial charge in [0.1, 0.15) is 13.7 Å². The summed E-state index contributed by atoms with van der Waals surface area (Å²) >= 11 is 0. The number of nitrogens with zero attached hydrogens (tertiary/aromatic N) is 2. The maximum atomic E-state index is 5.05. The van der Waals surface area contributed by atoms with Crippen molar-refractivity contribution in [1.29, 1.82) is 0 Å². The third-order valence-corrected chi connectivity index (χ3v) is 1.77. The lowest BCUT2D eigenvalue weighted by Gasteiger charge is -1.99. The standard InChI is InChI=1S/C6H13N2O/c1-6-7(2)4-5-8(6)9-3/h4-5H2,1-3H3/q+1. The molecule has 1 aliphatic rings. The molecule has 0 saturated heterocycles. The fraction of sp³-hybridized carbons (Fsp3) is 0.833. The lowest BCUT2D eigenvalue weighted by Crippen LogP contribution is -2.21. The molecule has 1 rings (SSSR count). The quantitative estimate of drug-likeness (QED) is 0.460. The Morgan fingerprint density at radius 1 is 1.67 bits per heavy atom. The van der Waals surface area contributed by atoms with Crippen molar-refractivity contribution in [3.63, 3.8) is 0 Å². The zero-order chi connectivity index (χ0) is 6.85. The van der Waals surface area contributed by atoms with E-state index in [2.05, 4.69) is 18.9 Å². The lowest BCUT2D eigenvalue weighted by molar-refractivity contribution is -0.774. The van der Waals surface area contributed by atoms with E-state index in [4.69, 9.17) is 4.84 Å². The summed E-state index contributed by atoms with van der Waals surface area (Å²) < 4.78 is 1.89. The molecule has 9 heavy (non-hydrogen) atoms. The van der Waals surface area contributed by atoms with E-state index < -0.39 is 0 Å². The first-order valence-electron chi connectivity index (χ1n) is 3.12. The van der Waals surface area contributed by atoms with Crippen LogP contribution < -0.4 is 0 Å². The molecule has 0 saturated carbocycles. The summed E-state index contributed by atoms with van der Waals surface area (Å²) in [6, 6.07) is 0. The highest BCUT2D eigenvalue weighted by molar-refractivity contribution is 5.74. The average molecular weight is 129 g/mol. The number of rotatable bonds is 1. The van der Waals surface area contributed by atoms with E-state index in [-0.39, 0.29) is 0 Å². The maximum Gasteiger partial charge on any atom is 0.283 e. The largest absolute Gasteiger partial charge is 0.344 e. The summed E-state index contributed by atoms with van der Waals surface area (Å²) in [4.78, 5) is 7.22. The van der Waals surface area contributed by atoms with Crippen molar-refractivity contribution in [2.75, 3.05) is 27.2 Å². The van der Waals surface area contributed by atoms with Crippen LogP contribution in [0.5, 0.6) is 0 Å². The van der Waals surface area contributed by atoms with Crippen LogP contribution in [0, 0.1) is 0 Å². The van der Waals surface area contributed by atoms with Gasteiger partial charge in [-0.05, 0) is 0 Å². The average Bonchev–Trinajstić information content (AvgIpc) is 2.15. The molecule has 52 valence electrons. The number of likely N-dealkylation sites (N-methyl/N-ethyl adjacent to an activating group) is 1. The zero-order valence-corrected chi connectivity index (χ0v) is 6.22. The first-order valence-corrected chi connectivity index (χ1v) is 3.12. The van der Waals surface area contributed by atoms with Crippen LogP contribution in [0.25, 0.3) is 0 Å². The highest BCUT2D eigenvalue weighted by atomic mass is 16.7. The molecule has 0 atom stereocenters. The molecule has 0 aliphatic carbocycles. The molecule has 1 heterocycles. The predicted octanol–water partition coefficient (Wildman–Crippen LogP) is -0.0759. The molecule has 0 spiro atoms. The maximum absolute atomic E-state index is 5.05. The van der Waals surface area contributed by atoms with Crippen LogP contribution in [0.4, 0.5) is 0 Å². The third kappa shape index (κ3) is 0.992. The van der Waals surface area contributed by atoms with Crippen molar-refractivity contribution in [2.24, 2.45) is 0 Å². The second kappa shape index (κ2) is 2.25. The van der Waals surface area contributed by atoms with Crippen molar-refractivity contribution >= 4 is 5.84 Å². The smallest absolute Gasteiger partial charge is 0.283 e. The van der Waals surface area contributed by atoms with Crippen molar-refractivity contribution in [1.82, 2.24) is 4.90 Å². The molecule has 0 aromatic carbocycles. The van der Waals surface area contributed by atoms with Crippen LogP contribution in [-0.4, -0.2) is 42.7 Å². The molecule has 3 nitrogen and oxygen atoms in total. The number of hydrogen-bond donors (Lipinski definition) is 0. The fourth-order valence-corrected chi connectivity index (χ4v) is 0.978. The van der Waals surface area contributed by atoms with E-state index in [1.54, 1.807) is 7.11 Å². The van der Waals surface area contributed by atoms with Gasteiger partial charge in [0.05, 0.1) is 7.05 Å².